The van der Waals surface area contributed by atoms with Crippen LogP contribution in [0.2, 0.25) is 0 Å². The Balaban J connectivity index is 1.27. The number of hydrogen-bond donors (Lipinski definition) is 0. The summed E-state index contributed by atoms with van der Waals surface area (Å²) in [4.78, 5) is 42.5. The van der Waals surface area contributed by atoms with Crippen molar-refractivity contribution < 1.29 is 9.59 Å². The lowest BCUT2D eigenvalue weighted by molar-refractivity contribution is -0.114. The molecular formula is C72H104N2O2S3. The van der Waals surface area contributed by atoms with E-state index in [9.17, 15) is 0 Å². The first kappa shape index (κ1) is 62.8. The highest BCUT2D eigenvalue weighted by Crippen LogP contribution is 2.51. The zero-order valence-electron chi connectivity index (χ0n) is 50.5. The van der Waals surface area contributed by atoms with E-state index in [1.165, 1.54) is 221 Å². The zero-order valence-corrected chi connectivity index (χ0v) is 52.9. The molecule has 79 heavy (non-hydrogen) atoms. The summed E-state index contributed by atoms with van der Waals surface area (Å²) in [6.45, 7) is 15.2. The van der Waals surface area contributed by atoms with Crippen LogP contribution in [0, 0.1) is 11.8 Å². The van der Waals surface area contributed by atoms with Crippen molar-refractivity contribution in [1.29, 1.82) is 0 Å². The van der Waals surface area contributed by atoms with E-state index < -0.39 is 0 Å². The predicted molar refractivity (Wildman–Crippen MR) is 351 cm³/mol. The van der Waals surface area contributed by atoms with Gasteiger partial charge in [0.1, 0.15) is 0 Å². The minimum atomic E-state index is 0.0169. The molecule has 5 aromatic rings. The lowest BCUT2D eigenvalue weighted by atomic mass is 9.93. The van der Waals surface area contributed by atoms with Gasteiger partial charge in [0.15, 0.2) is 0 Å². The monoisotopic (exact) mass is 1120 g/mol. The second kappa shape index (κ2) is 34.6. The van der Waals surface area contributed by atoms with Gasteiger partial charge in [-0.1, -0.05) is 239 Å². The van der Waals surface area contributed by atoms with Gasteiger partial charge >= 0.3 is 0 Å². The summed E-state index contributed by atoms with van der Waals surface area (Å²) in [5.41, 5.74) is 9.20. The van der Waals surface area contributed by atoms with Gasteiger partial charge in [-0.05, 0) is 122 Å². The number of amides is 2. The Bertz CT molecular complexity index is 2610. The maximum Gasteiger partial charge on any atom is 0.259 e. The number of hydrogen-bond acceptors (Lipinski definition) is 5. The van der Waals surface area contributed by atoms with Gasteiger partial charge in [-0.25, -0.2) is 0 Å². The highest BCUT2D eigenvalue weighted by molar-refractivity contribution is 7.27. The number of anilines is 2. The van der Waals surface area contributed by atoms with Crippen LogP contribution in [0.5, 0.6) is 0 Å². The highest BCUT2D eigenvalue weighted by atomic mass is 32.1. The third-order valence-electron chi connectivity index (χ3n) is 17.4. The van der Waals surface area contributed by atoms with Crippen LogP contribution in [0.3, 0.4) is 0 Å². The molecule has 2 amide bonds. The van der Waals surface area contributed by atoms with E-state index in [0.717, 1.165) is 67.6 Å². The van der Waals surface area contributed by atoms with Crippen LogP contribution in [0.1, 0.15) is 269 Å². The quantitative estimate of drug-likeness (QED) is 0.0289. The second-order valence-corrected chi connectivity index (χ2v) is 27.0. The fourth-order valence-corrected chi connectivity index (χ4v) is 16.2. The summed E-state index contributed by atoms with van der Waals surface area (Å²) in [5, 5.41) is 2.29. The van der Waals surface area contributed by atoms with E-state index >= 15 is 9.59 Å². The molecule has 2 unspecified atom stereocenters. The Hall–Kier alpha value is -3.78. The number of rotatable bonds is 41. The van der Waals surface area contributed by atoms with Crippen molar-refractivity contribution in [2.75, 3.05) is 22.9 Å². The van der Waals surface area contributed by atoms with Crippen molar-refractivity contribution in [1.82, 2.24) is 0 Å². The molecule has 0 radical (unpaired) electrons. The van der Waals surface area contributed by atoms with Gasteiger partial charge in [-0.3, -0.25) is 9.59 Å². The fraction of sp³-hybridized carbons (Fsp3) is 0.611. The van der Waals surface area contributed by atoms with Gasteiger partial charge in [0.2, 0.25) is 0 Å². The molecule has 7 rings (SSSR count). The first-order chi connectivity index (χ1) is 38.8. The number of fused-ring (bicyclic) bond motifs is 2. The van der Waals surface area contributed by atoms with Crippen molar-refractivity contribution >= 4 is 68.3 Å². The molecule has 2 aromatic carbocycles. The van der Waals surface area contributed by atoms with Gasteiger partial charge in [0.25, 0.3) is 11.8 Å². The maximum absolute atomic E-state index is 15.8. The first-order valence-corrected chi connectivity index (χ1v) is 35.3. The molecule has 0 bridgehead atoms. The van der Waals surface area contributed by atoms with Gasteiger partial charge in [-0.15, -0.1) is 34.0 Å². The molecular weight excluding hydrogens is 1020 g/mol. The summed E-state index contributed by atoms with van der Waals surface area (Å²) in [7, 11) is 0. The lowest BCUT2D eigenvalue weighted by Crippen LogP contribution is -2.34. The van der Waals surface area contributed by atoms with Crippen LogP contribution in [0.15, 0.2) is 72.1 Å². The Kier molecular flexibility index (Phi) is 27.5. The first-order valence-electron chi connectivity index (χ1n) is 32.8. The smallest absolute Gasteiger partial charge is 0.259 e. The average molecular weight is 1130 g/mol. The van der Waals surface area contributed by atoms with Crippen molar-refractivity contribution in [2.24, 2.45) is 11.8 Å². The standard InChI is InChI=1S/C72H104N2O2S3/c1-7-13-19-25-27-31-39-55(37-29-21-15-9-3)53-73-62-44-36-35-43-60(62)67(71(73)75)68-61-46-45-58(51-63(61)74(72(68)76)54-56(38-30-22-16-10-4)40-32-28-26-20-14-8-2)66-52-59(42-34-24-18-12-6)70(79-66)65-48-47-64(78-65)69-57(49-50-77-69)41-33-23-17-11-5/h35-36,43-52,55-56H,7-34,37-42,53-54H2,1-6H3/b68-67+. The topological polar surface area (TPSA) is 40.6 Å². The summed E-state index contributed by atoms with van der Waals surface area (Å²) < 4.78 is 0. The van der Waals surface area contributed by atoms with E-state index in [0.29, 0.717) is 29.5 Å². The largest absolute Gasteiger partial charge is 0.307 e. The van der Waals surface area contributed by atoms with Crippen LogP contribution >= 0.6 is 34.0 Å². The van der Waals surface area contributed by atoms with Gasteiger partial charge in [0, 0.05) is 48.6 Å². The number of benzene rings is 2. The SMILES string of the molecule is CCCCCCCCC(CCCCCC)CN1C(=O)/C(=C2/C(=O)N(CC(CCCCCC)CCCCCCCC)c3cc(-c4cc(CCCCCC)c(-c5ccc(-c6sccc6CCCCCC)s5)s4)ccc32)c2ccccc21. The van der Waals surface area contributed by atoms with Crippen molar-refractivity contribution in [3.8, 4) is 29.9 Å². The molecule has 4 nitrogen and oxygen atoms in total. The molecule has 0 saturated carbocycles. The van der Waals surface area contributed by atoms with E-state index in [2.05, 4.69) is 123 Å². The van der Waals surface area contributed by atoms with E-state index in [-0.39, 0.29) is 11.8 Å². The van der Waals surface area contributed by atoms with Crippen LogP contribution < -0.4 is 9.80 Å². The number of nitrogens with zero attached hydrogens (tertiary/aromatic N) is 2. The fourth-order valence-electron chi connectivity index (χ4n) is 12.7. The van der Waals surface area contributed by atoms with Crippen molar-refractivity contribution in [3.63, 3.8) is 0 Å². The normalized spacial score (nSPS) is 15.0. The Morgan fingerprint density at radius 3 is 1.38 bits per heavy atom. The summed E-state index contributed by atoms with van der Waals surface area (Å²) in [6, 6.07) is 24.9. The number of aryl methyl sites for hydroxylation is 2. The van der Waals surface area contributed by atoms with Gasteiger partial charge < -0.3 is 9.80 Å². The van der Waals surface area contributed by atoms with E-state index in [1.807, 2.05) is 34.0 Å². The molecule has 0 spiro atoms. The van der Waals surface area contributed by atoms with Crippen LogP contribution in [0.25, 0.3) is 41.1 Å². The number of unbranched alkanes of at least 4 members (excludes halogenated alkanes) is 22. The molecule has 3 aromatic heterocycles. The summed E-state index contributed by atoms with van der Waals surface area (Å²) in [6.07, 6.45) is 42.1. The number of para-hydroxylation sites is 1. The zero-order chi connectivity index (χ0) is 55.6. The highest BCUT2D eigenvalue weighted by Gasteiger charge is 2.43. The molecule has 5 heterocycles. The lowest BCUT2D eigenvalue weighted by Gasteiger charge is -2.25. The van der Waals surface area contributed by atoms with Crippen molar-refractivity contribution in [3.05, 3.63) is 94.4 Å². The average Bonchev–Trinajstić information content (AvgIpc) is 4.47. The molecule has 432 valence electrons. The molecule has 0 fully saturated rings. The third-order valence-corrected chi connectivity index (χ3v) is 21.1. The number of thiophene rings is 3. The van der Waals surface area contributed by atoms with Crippen LogP contribution in [0.4, 0.5) is 11.4 Å². The number of carbonyl (C=O) groups is 2. The Morgan fingerprint density at radius 2 is 0.835 bits per heavy atom. The molecule has 2 aliphatic rings. The molecule has 2 atom stereocenters. The third kappa shape index (κ3) is 17.9. The Morgan fingerprint density at radius 1 is 0.392 bits per heavy atom. The molecule has 2 aliphatic heterocycles. The maximum atomic E-state index is 15.8. The molecule has 0 N–H and O–H groups in total. The minimum Gasteiger partial charge on any atom is -0.307 e. The molecule has 0 aliphatic carbocycles. The van der Waals surface area contributed by atoms with E-state index in [4.69, 9.17) is 0 Å². The van der Waals surface area contributed by atoms with Crippen LogP contribution in [-0.4, -0.2) is 24.9 Å². The Labute approximate surface area is 493 Å². The second-order valence-electron chi connectivity index (χ2n) is 23.9. The summed E-state index contributed by atoms with van der Waals surface area (Å²) in [5.74, 6) is 0.877. The van der Waals surface area contributed by atoms with E-state index in [1.54, 1.807) is 0 Å². The summed E-state index contributed by atoms with van der Waals surface area (Å²) >= 11 is 5.81. The van der Waals surface area contributed by atoms with Gasteiger partial charge in [-0.2, -0.15) is 0 Å². The number of carbonyl (C=O) groups excluding carboxylic acids is 2. The predicted octanol–water partition coefficient (Wildman–Crippen LogP) is 23.4. The minimum absolute atomic E-state index is 0.0169. The van der Waals surface area contributed by atoms with Crippen molar-refractivity contribution in [2.45, 2.75) is 260 Å². The molecule has 0 saturated heterocycles. The molecule has 7 heteroatoms. The van der Waals surface area contributed by atoms with Crippen LogP contribution in [-0.2, 0) is 22.4 Å². The van der Waals surface area contributed by atoms with Gasteiger partial charge in [0.05, 0.1) is 22.5 Å².